The molecule has 7 heteroatoms. The Morgan fingerprint density at radius 2 is 1.71 bits per heavy atom. The zero-order chi connectivity index (χ0) is 20.1. The van der Waals surface area contributed by atoms with Crippen LogP contribution >= 0.6 is 0 Å². The van der Waals surface area contributed by atoms with Crippen LogP contribution in [0.2, 0.25) is 0 Å². The van der Waals surface area contributed by atoms with E-state index in [1.807, 2.05) is 0 Å². The lowest BCUT2D eigenvalue weighted by molar-refractivity contribution is -0.255. The zero-order valence-corrected chi connectivity index (χ0v) is 14.3. The molecule has 1 N–H and O–H groups in total. The van der Waals surface area contributed by atoms with Gasteiger partial charge >= 0.3 is 0 Å². The molecular weight excluding hydrogens is 363 g/mol. The number of nitrogens with zero attached hydrogens (tertiary/aromatic N) is 1. The average Bonchev–Trinajstić information content (AvgIpc) is 3.16. The number of benzene rings is 2. The Morgan fingerprint density at radius 1 is 1.04 bits per heavy atom. The molecule has 3 aromatic rings. The number of furan rings is 1. The van der Waals surface area contributed by atoms with Crippen LogP contribution in [-0.2, 0) is 4.79 Å². The van der Waals surface area contributed by atoms with E-state index in [2.05, 4.69) is 5.32 Å². The monoisotopic (exact) mass is 375 g/mol. The summed E-state index contributed by atoms with van der Waals surface area (Å²) in [6.45, 7) is 0. The van der Waals surface area contributed by atoms with Crippen LogP contribution in [0.1, 0.15) is 16.1 Å². The number of aromatic carboxylic acids is 1. The summed E-state index contributed by atoms with van der Waals surface area (Å²) in [5.41, 5.74) is 0.816. The quantitative estimate of drug-likeness (QED) is 0.545. The van der Waals surface area contributed by atoms with Crippen LogP contribution in [0, 0.1) is 17.1 Å². The lowest BCUT2D eigenvalue weighted by Crippen LogP contribution is -2.21. The molecule has 6 nitrogen and oxygen atoms in total. The SMILES string of the molecule is N#C/C(=C\c1ccc(-c2ccc(C(=O)[O-])cc2)o1)C(=O)Nc1ccc(F)cc1. The molecule has 0 spiro atoms. The molecule has 28 heavy (non-hydrogen) atoms. The summed E-state index contributed by atoms with van der Waals surface area (Å²) >= 11 is 0. The Balaban J connectivity index is 1.78. The number of nitriles is 1. The van der Waals surface area contributed by atoms with Crippen molar-refractivity contribution in [2.75, 3.05) is 5.32 Å². The molecule has 0 aliphatic heterocycles. The number of halogens is 1. The van der Waals surface area contributed by atoms with Gasteiger partial charge in [-0.05, 0) is 42.0 Å². The maximum absolute atomic E-state index is 12.9. The zero-order valence-electron chi connectivity index (χ0n) is 14.3. The Labute approximate surface area is 159 Å². The second-order valence-corrected chi connectivity index (χ2v) is 5.70. The first-order valence-electron chi connectivity index (χ1n) is 8.06. The van der Waals surface area contributed by atoms with Crippen LogP contribution in [0.3, 0.4) is 0 Å². The molecule has 0 bridgehead atoms. The molecule has 0 saturated heterocycles. The van der Waals surface area contributed by atoms with E-state index < -0.39 is 17.7 Å². The predicted molar refractivity (Wildman–Crippen MR) is 97.1 cm³/mol. The van der Waals surface area contributed by atoms with Crippen molar-refractivity contribution in [2.24, 2.45) is 0 Å². The van der Waals surface area contributed by atoms with Crippen molar-refractivity contribution < 1.29 is 23.5 Å². The van der Waals surface area contributed by atoms with Gasteiger partial charge in [-0.2, -0.15) is 5.26 Å². The van der Waals surface area contributed by atoms with Gasteiger partial charge in [-0.3, -0.25) is 4.79 Å². The minimum absolute atomic E-state index is 0.0413. The molecule has 0 aliphatic carbocycles. The van der Waals surface area contributed by atoms with Gasteiger partial charge in [-0.1, -0.05) is 24.3 Å². The van der Waals surface area contributed by atoms with Gasteiger partial charge in [0.1, 0.15) is 29.0 Å². The van der Waals surface area contributed by atoms with Gasteiger partial charge in [0.2, 0.25) is 0 Å². The van der Waals surface area contributed by atoms with E-state index in [4.69, 9.17) is 4.42 Å². The molecule has 0 atom stereocenters. The summed E-state index contributed by atoms with van der Waals surface area (Å²) in [6.07, 6.45) is 1.28. The van der Waals surface area contributed by atoms with Crippen molar-refractivity contribution in [3.63, 3.8) is 0 Å². The minimum atomic E-state index is -1.28. The molecule has 3 rings (SSSR count). The highest BCUT2D eigenvalue weighted by molar-refractivity contribution is 6.09. The van der Waals surface area contributed by atoms with Crippen molar-refractivity contribution in [3.05, 3.63) is 83.4 Å². The highest BCUT2D eigenvalue weighted by Gasteiger charge is 2.12. The number of carboxylic acid groups (broad SMARTS) is 1. The van der Waals surface area contributed by atoms with Gasteiger partial charge in [-0.15, -0.1) is 0 Å². The number of rotatable bonds is 5. The van der Waals surface area contributed by atoms with Crippen LogP contribution in [0.4, 0.5) is 10.1 Å². The second kappa shape index (κ2) is 8.01. The lowest BCUT2D eigenvalue weighted by atomic mass is 10.1. The fourth-order valence-electron chi connectivity index (χ4n) is 2.38. The van der Waals surface area contributed by atoms with Crippen LogP contribution in [0.25, 0.3) is 17.4 Å². The summed E-state index contributed by atoms with van der Waals surface area (Å²) in [6, 6.07) is 16.0. The molecule has 0 aliphatic rings. The first kappa shape index (κ1) is 18.6. The van der Waals surface area contributed by atoms with Gasteiger partial charge in [0.15, 0.2) is 0 Å². The first-order chi connectivity index (χ1) is 13.5. The molecule has 0 unspecified atom stereocenters. The van der Waals surface area contributed by atoms with Gasteiger partial charge in [0.05, 0.1) is 5.97 Å². The molecule has 0 radical (unpaired) electrons. The molecule has 1 heterocycles. The van der Waals surface area contributed by atoms with Crippen LogP contribution in [0.15, 0.2) is 70.7 Å². The highest BCUT2D eigenvalue weighted by Crippen LogP contribution is 2.24. The van der Waals surface area contributed by atoms with E-state index in [9.17, 15) is 24.3 Å². The number of amides is 1. The molecule has 1 aromatic heterocycles. The van der Waals surface area contributed by atoms with Gasteiger partial charge < -0.3 is 19.6 Å². The first-order valence-corrected chi connectivity index (χ1v) is 8.06. The van der Waals surface area contributed by atoms with Crippen LogP contribution in [-0.4, -0.2) is 11.9 Å². The minimum Gasteiger partial charge on any atom is -0.545 e. The predicted octanol–water partition coefficient (Wildman–Crippen LogP) is 2.99. The largest absolute Gasteiger partial charge is 0.545 e. The molecule has 2 aromatic carbocycles. The van der Waals surface area contributed by atoms with Crippen molar-refractivity contribution in [1.29, 1.82) is 5.26 Å². The van der Waals surface area contributed by atoms with Gasteiger partial charge in [-0.25, -0.2) is 4.39 Å². The lowest BCUT2D eigenvalue weighted by Gasteiger charge is -2.04. The second-order valence-electron chi connectivity index (χ2n) is 5.70. The van der Waals surface area contributed by atoms with Crippen LogP contribution in [0.5, 0.6) is 0 Å². The molecular formula is C21H12FN2O4-. The number of anilines is 1. The highest BCUT2D eigenvalue weighted by atomic mass is 19.1. The molecule has 0 fully saturated rings. The summed E-state index contributed by atoms with van der Waals surface area (Å²) in [5.74, 6) is -1.67. The average molecular weight is 375 g/mol. The number of carboxylic acids is 1. The Bertz CT molecular complexity index is 1090. The summed E-state index contributed by atoms with van der Waals surface area (Å²) in [5, 5.41) is 22.5. The van der Waals surface area contributed by atoms with E-state index >= 15 is 0 Å². The fourth-order valence-corrected chi connectivity index (χ4v) is 2.38. The van der Waals surface area contributed by atoms with E-state index in [0.717, 1.165) is 0 Å². The van der Waals surface area contributed by atoms with E-state index in [0.29, 0.717) is 17.0 Å². The van der Waals surface area contributed by atoms with Gasteiger partial charge in [0, 0.05) is 17.3 Å². The van der Waals surface area contributed by atoms with Crippen molar-refractivity contribution in [1.82, 2.24) is 0 Å². The number of hydrogen-bond acceptors (Lipinski definition) is 5. The van der Waals surface area contributed by atoms with Gasteiger partial charge in [0.25, 0.3) is 5.91 Å². The fraction of sp³-hybridized carbons (Fsp3) is 0. The van der Waals surface area contributed by atoms with Crippen molar-refractivity contribution in [3.8, 4) is 17.4 Å². The Kier molecular flexibility index (Phi) is 5.33. The van der Waals surface area contributed by atoms with Crippen molar-refractivity contribution >= 4 is 23.6 Å². The third-order valence-electron chi connectivity index (χ3n) is 3.79. The van der Waals surface area contributed by atoms with E-state index in [1.54, 1.807) is 30.3 Å². The van der Waals surface area contributed by atoms with Crippen LogP contribution < -0.4 is 10.4 Å². The topological polar surface area (TPSA) is 106 Å². The summed E-state index contributed by atoms with van der Waals surface area (Å²) in [4.78, 5) is 23.0. The number of nitrogens with one attached hydrogen (secondary N) is 1. The number of hydrogen-bond donors (Lipinski definition) is 1. The standard InChI is InChI=1S/C21H13FN2O4/c22-16-5-7-17(8-6-16)24-20(25)15(12-23)11-18-9-10-19(28-18)13-1-3-14(4-2-13)21(26)27/h1-11H,(H,24,25)(H,26,27)/p-1/b15-11+. The van der Waals surface area contributed by atoms with E-state index in [-0.39, 0.29) is 16.9 Å². The Hall–Kier alpha value is -4.18. The number of carbonyl (C=O) groups is 2. The normalized spacial score (nSPS) is 10.9. The molecule has 138 valence electrons. The van der Waals surface area contributed by atoms with Crippen molar-refractivity contribution in [2.45, 2.75) is 0 Å². The summed E-state index contributed by atoms with van der Waals surface area (Å²) in [7, 11) is 0. The van der Waals surface area contributed by atoms with E-state index in [1.165, 1.54) is 42.5 Å². The maximum Gasteiger partial charge on any atom is 0.266 e. The summed E-state index contributed by atoms with van der Waals surface area (Å²) < 4.78 is 18.5. The maximum atomic E-state index is 12.9. The third-order valence-corrected chi connectivity index (χ3v) is 3.79. The smallest absolute Gasteiger partial charge is 0.266 e. The third kappa shape index (κ3) is 4.31. The molecule has 1 amide bonds. The molecule has 0 saturated carbocycles. The Morgan fingerprint density at radius 3 is 2.32 bits per heavy atom. The number of carbonyl (C=O) groups excluding carboxylic acids is 2.